The van der Waals surface area contributed by atoms with E-state index in [1.807, 2.05) is 42.5 Å². The molecule has 5 heteroatoms. The van der Waals surface area contributed by atoms with Gasteiger partial charge >= 0.3 is 5.97 Å². The molecule has 0 bridgehead atoms. The van der Waals surface area contributed by atoms with Gasteiger partial charge in [0, 0.05) is 12.7 Å². The fourth-order valence-corrected chi connectivity index (χ4v) is 4.39. The van der Waals surface area contributed by atoms with Crippen LogP contribution < -0.4 is 0 Å². The molecular formula is C30H40N2O3. The number of carboxylic acids is 1. The highest BCUT2D eigenvalue weighted by atomic mass is 16.5. The highest BCUT2D eigenvalue weighted by Gasteiger charge is 2.27. The number of aromatic carboxylic acids is 1. The standard InChI is InChI=1S/C30H40N2O3/c1-21(12-11-19-30(5,6)35-7)20-25-26(28(33)34)27(22-13-9-8-10-14-22)32(31-25)24-17-15-23(16-18-24)29(2,3)4/h8-10,13-18,21H,11-12,19-20H2,1-7H3,(H,33,34). The SMILES string of the molecule is COC(C)(C)CCCC(C)Cc1nn(-c2ccc(C(C)(C)C)cc2)c(-c2ccccc2)c1C(=O)O. The van der Waals surface area contributed by atoms with Crippen molar-refractivity contribution >= 4 is 5.97 Å². The molecular weight excluding hydrogens is 436 g/mol. The molecule has 0 saturated carbocycles. The summed E-state index contributed by atoms with van der Waals surface area (Å²) < 4.78 is 7.35. The van der Waals surface area contributed by atoms with Gasteiger partial charge in [0.25, 0.3) is 0 Å². The van der Waals surface area contributed by atoms with Crippen LogP contribution in [0, 0.1) is 5.92 Å². The summed E-state index contributed by atoms with van der Waals surface area (Å²) in [5.74, 6) is -0.639. The van der Waals surface area contributed by atoms with E-state index in [0.29, 0.717) is 29.3 Å². The third-order valence-corrected chi connectivity index (χ3v) is 6.77. The Morgan fingerprint density at radius 1 is 1.03 bits per heavy atom. The summed E-state index contributed by atoms with van der Waals surface area (Å²) in [6, 6.07) is 18.0. The molecule has 0 amide bonds. The largest absolute Gasteiger partial charge is 0.478 e. The van der Waals surface area contributed by atoms with Crippen molar-refractivity contribution in [1.82, 2.24) is 9.78 Å². The van der Waals surface area contributed by atoms with Crippen LogP contribution in [0.25, 0.3) is 16.9 Å². The average molecular weight is 477 g/mol. The first kappa shape index (κ1) is 26.7. The highest BCUT2D eigenvalue weighted by Crippen LogP contribution is 2.32. The lowest BCUT2D eigenvalue weighted by Gasteiger charge is -2.23. The van der Waals surface area contributed by atoms with E-state index in [4.69, 9.17) is 9.84 Å². The van der Waals surface area contributed by atoms with Crippen molar-refractivity contribution in [2.45, 2.75) is 78.2 Å². The monoisotopic (exact) mass is 476 g/mol. The maximum absolute atomic E-state index is 12.5. The molecule has 5 nitrogen and oxygen atoms in total. The Labute approximate surface area is 210 Å². The molecule has 1 unspecified atom stereocenters. The van der Waals surface area contributed by atoms with Crippen molar-refractivity contribution in [3.63, 3.8) is 0 Å². The van der Waals surface area contributed by atoms with Gasteiger partial charge in [-0.15, -0.1) is 0 Å². The first-order valence-electron chi connectivity index (χ1n) is 12.5. The lowest BCUT2D eigenvalue weighted by molar-refractivity contribution is 0.0127. The fraction of sp³-hybridized carbons (Fsp3) is 0.467. The zero-order valence-electron chi connectivity index (χ0n) is 22.3. The van der Waals surface area contributed by atoms with Crippen LogP contribution in [0.4, 0.5) is 0 Å². The lowest BCUT2D eigenvalue weighted by atomic mass is 9.87. The van der Waals surface area contributed by atoms with Crippen LogP contribution in [0.15, 0.2) is 54.6 Å². The van der Waals surface area contributed by atoms with Gasteiger partial charge in [-0.1, -0.05) is 83.0 Å². The Kier molecular flexibility index (Phi) is 8.22. The van der Waals surface area contributed by atoms with Crippen LogP contribution in [0.5, 0.6) is 0 Å². The number of hydrogen-bond acceptors (Lipinski definition) is 3. The first-order valence-corrected chi connectivity index (χ1v) is 12.5. The summed E-state index contributed by atoms with van der Waals surface area (Å²) >= 11 is 0. The van der Waals surface area contributed by atoms with Crippen molar-refractivity contribution in [1.29, 1.82) is 0 Å². The van der Waals surface area contributed by atoms with Crippen LogP contribution in [-0.4, -0.2) is 33.6 Å². The van der Waals surface area contributed by atoms with E-state index in [1.54, 1.807) is 11.8 Å². The lowest BCUT2D eigenvalue weighted by Crippen LogP contribution is -2.22. The first-order chi connectivity index (χ1) is 16.4. The van der Waals surface area contributed by atoms with Crippen molar-refractivity contribution in [3.8, 4) is 16.9 Å². The summed E-state index contributed by atoms with van der Waals surface area (Å²) in [5.41, 5.74) is 4.38. The van der Waals surface area contributed by atoms with Gasteiger partial charge in [0.15, 0.2) is 0 Å². The number of rotatable bonds is 10. The predicted octanol–water partition coefficient (Wildman–Crippen LogP) is 7.31. The minimum atomic E-state index is -0.941. The maximum atomic E-state index is 12.5. The van der Waals surface area contributed by atoms with Crippen molar-refractivity contribution in [2.75, 3.05) is 7.11 Å². The molecule has 0 fully saturated rings. The molecule has 0 aliphatic rings. The maximum Gasteiger partial charge on any atom is 0.339 e. The quantitative estimate of drug-likeness (QED) is 0.333. The van der Waals surface area contributed by atoms with Gasteiger partial charge < -0.3 is 9.84 Å². The van der Waals surface area contributed by atoms with Crippen LogP contribution in [-0.2, 0) is 16.6 Å². The number of hydrogen-bond donors (Lipinski definition) is 1. The van der Waals surface area contributed by atoms with E-state index >= 15 is 0 Å². The summed E-state index contributed by atoms with van der Waals surface area (Å²) in [4.78, 5) is 12.5. The van der Waals surface area contributed by atoms with Gasteiger partial charge in [0.05, 0.1) is 22.7 Å². The van der Waals surface area contributed by atoms with Gasteiger partial charge in [-0.25, -0.2) is 9.48 Å². The molecule has 0 aliphatic heterocycles. The zero-order valence-corrected chi connectivity index (χ0v) is 22.3. The van der Waals surface area contributed by atoms with Gasteiger partial charge in [-0.2, -0.15) is 5.10 Å². The number of carboxylic acid groups (broad SMARTS) is 1. The molecule has 3 aromatic rings. The molecule has 2 aromatic carbocycles. The average Bonchev–Trinajstić information content (AvgIpc) is 3.18. The molecule has 3 rings (SSSR count). The Balaban J connectivity index is 2.01. The second-order valence-electron chi connectivity index (χ2n) is 11.2. The predicted molar refractivity (Wildman–Crippen MR) is 142 cm³/mol. The second-order valence-corrected chi connectivity index (χ2v) is 11.2. The third kappa shape index (κ3) is 6.61. The zero-order chi connectivity index (χ0) is 25.8. The molecule has 0 aliphatic carbocycles. The Morgan fingerprint density at radius 2 is 1.66 bits per heavy atom. The van der Waals surface area contributed by atoms with Crippen LogP contribution >= 0.6 is 0 Å². The van der Waals surface area contributed by atoms with Crippen LogP contribution in [0.2, 0.25) is 0 Å². The summed E-state index contributed by atoms with van der Waals surface area (Å²) in [6.07, 6.45) is 3.58. The number of nitrogens with zero attached hydrogens (tertiary/aromatic N) is 2. The third-order valence-electron chi connectivity index (χ3n) is 6.77. The van der Waals surface area contributed by atoms with Crippen molar-refractivity contribution in [3.05, 3.63) is 71.4 Å². The van der Waals surface area contributed by atoms with E-state index in [-0.39, 0.29) is 11.0 Å². The molecule has 35 heavy (non-hydrogen) atoms. The van der Waals surface area contributed by atoms with E-state index in [1.165, 1.54) is 5.56 Å². The minimum absolute atomic E-state index is 0.0368. The molecule has 1 aromatic heterocycles. The summed E-state index contributed by atoms with van der Waals surface area (Å²) in [7, 11) is 1.74. The fourth-order valence-electron chi connectivity index (χ4n) is 4.39. The van der Waals surface area contributed by atoms with Crippen LogP contribution in [0.3, 0.4) is 0 Å². The normalized spacial score (nSPS) is 13.1. The number of aromatic nitrogens is 2. The molecule has 188 valence electrons. The van der Waals surface area contributed by atoms with Crippen LogP contribution in [0.1, 0.15) is 82.4 Å². The second kappa shape index (κ2) is 10.8. The van der Waals surface area contributed by atoms with Gasteiger partial charge in [-0.3, -0.25) is 0 Å². The molecule has 1 heterocycles. The Morgan fingerprint density at radius 3 is 2.20 bits per heavy atom. The molecule has 0 spiro atoms. The smallest absolute Gasteiger partial charge is 0.339 e. The van der Waals surface area contributed by atoms with E-state index < -0.39 is 5.97 Å². The molecule has 1 atom stereocenters. The highest BCUT2D eigenvalue weighted by molar-refractivity contribution is 5.96. The van der Waals surface area contributed by atoms with E-state index in [9.17, 15) is 9.90 Å². The molecule has 0 radical (unpaired) electrons. The van der Waals surface area contributed by atoms with Gasteiger partial charge in [-0.05, 0) is 55.7 Å². The Bertz CT molecular complexity index is 1120. The number of carbonyl (C=O) groups is 1. The number of methoxy groups -OCH3 is 1. The molecule has 0 saturated heterocycles. The summed E-state index contributed by atoms with van der Waals surface area (Å²) in [5, 5.41) is 15.2. The van der Waals surface area contributed by atoms with Gasteiger partial charge in [0.2, 0.25) is 0 Å². The van der Waals surface area contributed by atoms with Crippen molar-refractivity contribution in [2.24, 2.45) is 5.92 Å². The van der Waals surface area contributed by atoms with Gasteiger partial charge in [0.1, 0.15) is 5.56 Å². The molecule has 1 N–H and O–H groups in total. The number of benzene rings is 2. The number of ether oxygens (including phenoxy) is 1. The van der Waals surface area contributed by atoms with E-state index in [0.717, 1.165) is 30.5 Å². The topological polar surface area (TPSA) is 64.4 Å². The summed E-state index contributed by atoms with van der Waals surface area (Å²) in [6.45, 7) is 12.9. The minimum Gasteiger partial charge on any atom is -0.478 e. The van der Waals surface area contributed by atoms with E-state index in [2.05, 4.69) is 53.7 Å². The van der Waals surface area contributed by atoms with Crippen molar-refractivity contribution < 1.29 is 14.6 Å². The Hall–Kier alpha value is -2.92.